The molecule has 536 valence electrons. The summed E-state index contributed by atoms with van der Waals surface area (Å²) in [6, 6.07) is 0. The van der Waals surface area contributed by atoms with Crippen molar-refractivity contribution in [2.45, 2.75) is 338 Å². The van der Waals surface area contributed by atoms with Crippen LogP contribution in [0, 0.1) is 148 Å². The van der Waals surface area contributed by atoms with Crippen LogP contribution in [0.3, 0.4) is 0 Å². The van der Waals surface area contributed by atoms with Crippen molar-refractivity contribution >= 4 is 23.9 Å². The van der Waals surface area contributed by atoms with Gasteiger partial charge in [0.1, 0.15) is 0 Å². The maximum absolute atomic E-state index is 12.1. The zero-order valence-electron chi connectivity index (χ0n) is 62.5. The molecule has 8 aliphatic rings. The number of hydrogen-bond donors (Lipinski definition) is 0. The molecule has 8 rings (SSSR count). The lowest BCUT2D eigenvalue weighted by molar-refractivity contribution is -0.143. The number of rotatable bonds is 41. The molecule has 0 saturated heterocycles. The summed E-state index contributed by atoms with van der Waals surface area (Å²) in [5, 5.41) is 0. The van der Waals surface area contributed by atoms with Crippen LogP contribution >= 0.6 is 0 Å². The molecule has 0 N–H and O–H groups in total. The minimum atomic E-state index is -0.121. The van der Waals surface area contributed by atoms with Gasteiger partial charge in [0, 0.05) is 26.2 Å². The molecular weight excluding hydrogens is 1150 g/mol. The van der Waals surface area contributed by atoms with Crippen molar-refractivity contribution in [3.05, 3.63) is 0 Å². The highest BCUT2D eigenvalue weighted by atomic mass is 16.5. The fourth-order valence-corrected chi connectivity index (χ4v) is 23.2. The molecule has 8 nitrogen and oxygen atoms in total. The third-order valence-corrected chi connectivity index (χ3v) is 29.5. The highest BCUT2D eigenvalue weighted by Crippen LogP contribution is 2.52. The fourth-order valence-electron chi connectivity index (χ4n) is 23.2. The van der Waals surface area contributed by atoms with Crippen molar-refractivity contribution in [3.8, 4) is 0 Å². The van der Waals surface area contributed by atoms with Crippen molar-refractivity contribution < 1.29 is 38.1 Å². The van der Waals surface area contributed by atoms with Gasteiger partial charge in [-0.2, -0.15) is 0 Å². The van der Waals surface area contributed by atoms with Gasteiger partial charge in [0.25, 0.3) is 0 Å². The molecule has 0 radical (unpaired) electrons. The lowest BCUT2D eigenvalue weighted by Gasteiger charge is -2.29. The van der Waals surface area contributed by atoms with Crippen LogP contribution in [0.25, 0.3) is 0 Å². The average molecular weight is 1300 g/mol. The summed E-state index contributed by atoms with van der Waals surface area (Å²) in [4.78, 5) is 47.9. The second-order valence-electron chi connectivity index (χ2n) is 36.2. The number of carbonyl (C=O) groups is 4. The minimum Gasteiger partial charge on any atom is -0.469 e. The van der Waals surface area contributed by atoms with Gasteiger partial charge in [0.15, 0.2) is 0 Å². The molecule has 0 heterocycles. The normalized spacial score (nSPS) is 34.3. The zero-order valence-corrected chi connectivity index (χ0v) is 62.5. The molecule has 8 heteroatoms. The number of hydrogen-bond acceptors (Lipinski definition) is 8. The van der Waals surface area contributed by atoms with Gasteiger partial charge in [0.2, 0.25) is 0 Å². The van der Waals surface area contributed by atoms with Crippen LogP contribution in [0.4, 0.5) is 0 Å². The van der Waals surface area contributed by atoms with E-state index in [1.807, 2.05) is 0 Å². The standard InChI is InChI=1S/C85H148O8/c1-57(15-12-17-60(4)71-35-39-79(52-71)75-31-27-67(45-75)49-83(87)90-9)21-23-65(20-14-19-62(6)73-37-41-81(54-73)77-33-29-69(47-77)51-85(89)92-11)25-26-66(44-59(3)43-63(7)74-38-42-82(55-74)78-34-30-70(48-78)56-93-64(8)86)24-22-58(2)16-13-18-61(5)72-36-40-80(53-72)76-32-28-68(46-76)50-84(88)91-10/h57-63,65-82H,12-56H2,1-11H3/t57-,58-,59?,60+,61+,62+,63+,65-,66-,67-,68-,69-,70-,71-,72-,73-,74-,75?,76?,77?,78?,79-,80-,81-,82-/m0/s1. The lowest BCUT2D eigenvalue weighted by atomic mass is 9.77. The summed E-state index contributed by atoms with van der Waals surface area (Å²) in [6.07, 6.45) is 58.1. The van der Waals surface area contributed by atoms with E-state index in [1.54, 1.807) is 28.3 Å². The van der Waals surface area contributed by atoms with E-state index in [1.165, 1.54) is 263 Å². The largest absolute Gasteiger partial charge is 0.469 e. The number of esters is 4. The van der Waals surface area contributed by atoms with Crippen molar-refractivity contribution in [3.63, 3.8) is 0 Å². The Labute approximate surface area is 572 Å². The van der Waals surface area contributed by atoms with Crippen molar-refractivity contribution in [1.82, 2.24) is 0 Å². The summed E-state index contributed by atoms with van der Waals surface area (Å²) in [7, 11) is 4.64. The molecule has 5 unspecified atom stereocenters. The van der Waals surface area contributed by atoms with E-state index in [-0.39, 0.29) is 23.9 Å². The smallest absolute Gasteiger partial charge is 0.305 e. The zero-order chi connectivity index (χ0) is 66.4. The van der Waals surface area contributed by atoms with E-state index < -0.39 is 0 Å². The van der Waals surface area contributed by atoms with Crippen molar-refractivity contribution in [2.24, 2.45) is 148 Å². The van der Waals surface area contributed by atoms with Gasteiger partial charge in [0.05, 0.1) is 27.9 Å². The fraction of sp³-hybridized carbons (Fsp3) is 0.953. The van der Waals surface area contributed by atoms with E-state index in [0.717, 1.165) is 124 Å². The van der Waals surface area contributed by atoms with Gasteiger partial charge < -0.3 is 18.9 Å². The van der Waals surface area contributed by atoms with Crippen LogP contribution in [0.1, 0.15) is 338 Å². The Balaban J connectivity index is 0.839. The molecule has 0 bridgehead atoms. The Morgan fingerprint density at radius 1 is 0.312 bits per heavy atom. The molecule has 8 aliphatic carbocycles. The van der Waals surface area contributed by atoms with Crippen LogP contribution < -0.4 is 0 Å². The molecular formula is C85H148O8. The van der Waals surface area contributed by atoms with E-state index in [9.17, 15) is 19.2 Å². The third-order valence-electron chi connectivity index (χ3n) is 29.5. The topological polar surface area (TPSA) is 105 Å². The van der Waals surface area contributed by atoms with Crippen LogP contribution in [0.15, 0.2) is 0 Å². The molecule has 25 atom stereocenters. The summed E-state index contributed by atoms with van der Waals surface area (Å²) < 4.78 is 20.6. The van der Waals surface area contributed by atoms with Crippen molar-refractivity contribution in [2.75, 3.05) is 27.9 Å². The first kappa shape index (κ1) is 76.6. The molecule has 0 amide bonds. The van der Waals surface area contributed by atoms with Crippen LogP contribution in [-0.2, 0) is 38.1 Å². The summed E-state index contributed by atoms with van der Waals surface area (Å²) in [5.41, 5.74) is 0. The highest BCUT2D eigenvalue weighted by molar-refractivity contribution is 5.70. The summed E-state index contributed by atoms with van der Waals surface area (Å²) in [6.45, 7) is 20.5. The monoisotopic (exact) mass is 1300 g/mol. The average Bonchev–Trinajstić information content (AvgIpc) is 1.86. The second-order valence-corrected chi connectivity index (χ2v) is 36.2. The van der Waals surface area contributed by atoms with Crippen LogP contribution in [0.2, 0.25) is 0 Å². The molecule has 0 aliphatic heterocycles. The maximum Gasteiger partial charge on any atom is 0.305 e. The predicted octanol–water partition coefficient (Wildman–Crippen LogP) is 22.9. The van der Waals surface area contributed by atoms with Gasteiger partial charge >= 0.3 is 23.9 Å². The van der Waals surface area contributed by atoms with Gasteiger partial charge in [-0.05, 0) is 315 Å². The Kier molecular flexibility index (Phi) is 32.6. The predicted molar refractivity (Wildman–Crippen MR) is 383 cm³/mol. The van der Waals surface area contributed by atoms with Gasteiger partial charge in [-0.1, -0.05) is 145 Å². The van der Waals surface area contributed by atoms with E-state index in [4.69, 9.17) is 18.9 Å². The van der Waals surface area contributed by atoms with Gasteiger partial charge in [-0.15, -0.1) is 0 Å². The maximum atomic E-state index is 12.1. The number of carbonyl (C=O) groups excluding carboxylic acids is 4. The number of methoxy groups -OCH3 is 3. The van der Waals surface area contributed by atoms with Gasteiger partial charge in [-0.3, -0.25) is 19.2 Å². The van der Waals surface area contributed by atoms with Crippen molar-refractivity contribution in [1.29, 1.82) is 0 Å². The Bertz CT molecular complexity index is 2160. The van der Waals surface area contributed by atoms with E-state index in [0.29, 0.717) is 49.5 Å². The minimum absolute atomic E-state index is 0.0142. The van der Waals surface area contributed by atoms with E-state index >= 15 is 0 Å². The molecule has 93 heavy (non-hydrogen) atoms. The number of ether oxygens (including phenoxy) is 4. The van der Waals surface area contributed by atoms with Crippen LogP contribution in [-0.4, -0.2) is 51.8 Å². The Morgan fingerprint density at radius 3 is 1.01 bits per heavy atom. The Hall–Kier alpha value is -2.12. The molecule has 8 saturated carbocycles. The molecule has 0 spiro atoms. The first-order valence-corrected chi connectivity index (χ1v) is 41.1. The molecule has 0 aromatic rings. The molecule has 0 aromatic heterocycles. The SMILES string of the molecule is COC(=O)C[C@H]1CCC([C@H]2CC[C@H]([C@H](C)CCC[C@H](C)CC[C@H](CCC[C@@H](C)[C@H]3CC[C@H](C4CC[C@H](CC(=O)OC)C4)C3)CC[C@H](CC[C@@H](C)CCC[C@@H](C)[C@H]3CC[C@H](C4CC[C@H](CC(=O)OC)C4)C3)CC(C)C[C@@H](C)[C@H]3CC[C@H](C4CC[C@H](COC(C)=O)C4)C3)C2)C1. The Morgan fingerprint density at radius 2 is 0.624 bits per heavy atom. The molecule has 8 fully saturated rings. The second kappa shape index (κ2) is 39.6. The summed E-state index contributed by atoms with van der Waals surface area (Å²) in [5.74, 6) is 19.8. The third kappa shape index (κ3) is 25.2. The highest BCUT2D eigenvalue weighted by Gasteiger charge is 2.42. The first-order valence-electron chi connectivity index (χ1n) is 41.1. The quantitative estimate of drug-likeness (QED) is 0.0440. The lowest BCUT2D eigenvalue weighted by Crippen LogP contribution is -2.17. The van der Waals surface area contributed by atoms with Crippen LogP contribution in [0.5, 0.6) is 0 Å². The molecule has 0 aromatic carbocycles. The van der Waals surface area contributed by atoms with Gasteiger partial charge in [-0.25, -0.2) is 0 Å². The first-order chi connectivity index (χ1) is 44.8. The summed E-state index contributed by atoms with van der Waals surface area (Å²) >= 11 is 0. The van der Waals surface area contributed by atoms with E-state index in [2.05, 4.69) is 48.5 Å².